The highest BCUT2D eigenvalue weighted by Gasteiger charge is 2.27. The van der Waals surface area contributed by atoms with Crippen LogP contribution >= 0.6 is 23.1 Å². The molecule has 1 amide bonds. The zero-order valence-electron chi connectivity index (χ0n) is 15.6. The number of allylic oxidation sites excluding steroid dienone is 1. The summed E-state index contributed by atoms with van der Waals surface area (Å²) in [5, 5.41) is 10.3. The van der Waals surface area contributed by atoms with E-state index in [1.807, 2.05) is 13.8 Å². The number of nitrogens with zero attached hydrogens (tertiary/aromatic N) is 4. The van der Waals surface area contributed by atoms with E-state index in [1.54, 1.807) is 31.5 Å². The van der Waals surface area contributed by atoms with Crippen LogP contribution in [-0.2, 0) is 11.3 Å². The van der Waals surface area contributed by atoms with Crippen molar-refractivity contribution in [1.82, 2.24) is 14.5 Å². The van der Waals surface area contributed by atoms with Gasteiger partial charge in [0.2, 0.25) is 5.91 Å². The van der Waals surface area contributed by atoms with Gasteiger partial charge in [-0.3, -0.25) is 14.2 Å². The Bertz CT molecular complexity index is 966. The first-order valence-electron chi connectivity index (χ1n) is 8.06. The number of fused-ring (bicyclic) bond motifs is 1. The van der Waals surface area contributed by atoms with Crippen molar-refractivity contribution in [2.45, 2.75) is 44.9 Å². The third kappa shape index (κ3) is 3.69. The summed E-state index contributed by atoms with van der Waals surface area (Å²) in [6.45, 7) is 11.3. The number of thioether (sulfide) groups is 1. The quantitative estimate of drug-likeness (QED) is 0.430. The molecule has 2 aromatic heterocycles. The number of hydrogen-bond acceptors (Lipinski definition) is 6. The molecule has 2 rings (SSSR count). The summed E-state index contributed by atoms with van der Waals surface area (Å²) in [5.41, 5.74) is -0.0570. The minimum Gasteiger partial charge on any atom is -0.327 e. The molecule has 2 heterocycles. The van der Waals surface area contributed by atoms with E-state index in [-0.39, 0.29) is 17.2 Å². The lowest BCUT2D eigenvalue weighted by atomic mass is 10.1. The standard InChI is InChI=1S/C18H22N4O2S2/c1-7-8-22-16(24)14-11(2)12(3)26-15(14)20-17(22)25-9-13(23)21(6)18(4,5)10-19/h7H,1,8-9H2,2-6H3. The molecule has 0 N–H and O–H groups in total. The fourth-order valence-electron chi connectivity index (χ4n) is 2.32. The zero-order chi connectivity index (χ0) is 19.6. The van der Waals surface area contributed by atoms with Crippen LogP contribution in [0.2, 0.25) is 0 Å². The smallest absolute Gasteiger partial charge is 0.263 e. The molecule has 0 bridgehead atoms. The van der Waals surface area contributed by atoms with Gasteiger partial charge in [-0.1, -0.05) is 17.8 Å². The normalized spacial score (nSPS) is 11.4. The molecular weight excluding hydrogens is 368 g/mol. The second kappa shape index (κ2) is 7.64. The number of carbonyl (C=O) groups is 1. The second-order valence-electron chi connectivity index (χ2n) is 6.47. The Hall–Kier alpha value is -2.11. The van der Waals surface area contributed by atoms with Crippen LogP contribution in [0.4, 0.5) is 0 Å². The maximum atomic E-state index is 12.9. The number of thiophene rings is 1. The molecule has 0 saturated heterocycles. The number of amides is 1. The predicted octanol–water partition coefficient (Wildman–Crippen LogP) is 3.11. The predicted molar refractivity (Wildman–Crippen MR) is 107 cm³/mol. The first-order chi connectivity index (χ1) is 12.1. The van der Waals surface area contributed by atoms with Gasteiger partial charge in [-0.05, 0) is 33.3 Å². The second-order valence-corrected chi connectivity index (χ2v) is 8.62. The van der Waals surface area contributed by atoms with Gasteiger partial charge in [0.05, 0.1) is 17.2 Å². The Kier molecular flexibility index (Phi) is 5.94. The maximum absolute atomic E-state index is 12.9. The number of carbonyl (C=O) groups excluding carboxylic acids is 1. The van der Waals surface area contributed by atoms with Crippen molar-refractivity contribution in [2.24, 2.45) is 0 Å². The van der Waals surface area contributed by atoms with E-state index in [0.717, 1.165) is 10.4 Å². The molecule has 2 aromatic rings. The van der Waals surface area contributed by atoms with Crippen LogP contribution in [0, 0.1) is 25.2 Å². The lowest BCUT2D eigenvalue weighted by molar-refractivity contribution is -0.130. The van der Waals surface area contributed by atoms with Crippen LogP contribution in [0.25, 0.3) is 10.2 Å². The summed E-state index contributed by atoms with van der Waals surface area (Å²) in [6, 6.07) is 2.11. The molecule has 0 aliphatic rings. The Morgan fingerprint density at radius 3 is 2.73 bits per heavy atom. The molecule has 0 unspecified atom stereocenters. The van der Waals surface area contributed by atoms with Crippen LogP contribution in [0.3, 0.4) is 0 Å². The molecule has 26 heavy (non-hydrogen) atoms. The monoisotopic (exact) mass is 390 g/mol. The summed E-state index contributed by atoms with van der Waals surface area (Å²) in [7, 11) is 1.60. The minimum absolute atomic E-state index is 0.0973. The molecule has 6 nitrogen and oxygen atoms in total. The highest BCUT2D eigenvalue weighted by Crippen LogP contribution is 2.28. The highest BCUT2D eigenvalue weighted by atomic mass is 32.2. The van der Waals surface area contributed by atoms with Crippen molar-refractivity contribution in [3.8, 4) is 6.07 Å². The molecule has 0 aliphatic carbocycles. The highest BCUT2D eigenvalue weighted by molar-refractivity contribution is 7.99. The molecule has 0 saturated carbocycles. The van der Waals surface area contributed by atoms with Crippen LogP contribution in [-0.4, -0.2) is 38.7 Å². The summed E-state index contributed by atoms with van der Waals surface area (Å²) in [6.07, 6.45) is 1.64. The summed E-state index contributed by atoms with van der Waals surface area (Å²) in [4.78, 5) is 33.1. The van der Waals surface area contributed by atoms with E-state index < -0.39 is 5.54 Å². The van der Waals surface area contributed by atoms with Crippen molar-refractivity contribution in [3.05, 3.63) is 33.4 Å². The number of nitriles is 1. The van der Waals surface area contributed by atoms with Gasteiger partial charge in [0.15, 0.2) is 5.16 Å². The average Bonchev–Trinajstić information content (AvgIpc) is 2.89. The summed E-state index contributed by atoms with van der Waals surface area (Å²) in [5.74, 6) is -0.0976. The number of hydrogen-bond donors (Lipinski definition) is 0. The van der Waals surface area contributed by atoms with E-state index in [9.17, 15) is 14.9 Å². The van der Waals surface area contributed by atoms with Gasteiger partial charge in [-0.2, -0.15) is 5.26 Å². The van der Waals surface area contributed by atoms with E-state index in [2.05, 4.69) is 17.6 Å². The van der Waals surface area contributed by atoms with E-state index >= 15 is 0 Å². The minimum atomic E-state index is -0.891. The maximum Gasteiger partial charge on any atom is 0.263 e. The Morgan fingerprint density at radius 2 is 2.15 bits per heavy atom. The molecule has 8 heteroatoms. The van der Waals surface area contributed by atoms with Crippen molar-refractivity contribution >= 4 is 39.2 Å². The van der Waals surface area contributed by atoms with Crippen molar-refractivity contribution in [1.29, 1.82) is 5.26 Å². The molecule has 0 fully saturated rings. The van der Waals surface area contributed by atoms with Crippen LogP contribution in [0.15, 0.2) is 22.6 Å². The summed E-state index contributed by atoms with van der Waals surface area (Å²) < 4.78 is 1.54. The largest absolute Gasteiger partial charge is 0.327 e. The van der Waals surface area contributed by atoms with Gasteiger partial charge in [-0.25, -0.2) is 4.98 Å². The first kappa shape index (κ1) is 20.2. The molecule has 0 spiro atoms. The van der Waals surface area contributed by atoms with Gasteiger partial charge in [0.1, 0.15) is 10.4 Å². The van der Waals surface area contributed by atoms with Crippen molar-refractivity contribution < 1.29 is 4.79 Å². The number of rotatable bonds is 6. The van der Waals surface area contributed by atoms with Crippen LogP contribution in [0.1, 0.15) is 24.3 Å². The molecule has 0 aromatic carbocycles. The molecule has 138 valence electrons. The zero-order valence-corrected chi connectivity index (χ0v) is 17.3. The third-order valence-corrected chi connectivity index (χ3v) is 6.44. The SMILES string of the molecule is C=CCn1c(SCC(=O)N(C)C(C)(C)C#N)nc2sc(C)c(C)c2c1=O. The lowest BCUT2D eigenvalue weighted by Gasteiger charge is -2.29. The van der Waals surface area contributed by atoms with Gasteiger partial charge in [0, 0.05) is 18.5 Å². The Labute approximate surface area is 161 Å². The van der Waals surface area contributed by atoms with Crippen molar-refractivity contribution in [3.63, 3.8) is 0 Å². The van der Waals surface area contributed by atoms with E-state index in [4.69, 9.17) is 0 Å². The molecular formula is C18H22N4O2S2. The van der Waals surface area contributed by atoms with E-state index in [1.165, 1.54) is 28.0 Å². The lowest BCUT2D eigenvalue weighted by Crippen LogP contribution is -2.44. The topological polar surface area (TPSA) is 79.0 Å². The molecule has 0 atom stereocenters. The van der Waals surface area contributed by atoms with E-state index in [0.29, 0.717) is 21.9 Å². The third-order valence-electron chi connectivity index (χ3n) is 4.38. The van der Waals surface area contributed by atoms with Gasteiger partial charge >= 0.3 is 0 Å². The fraction of sp³-hybridized carbons (Fsp3) is 0.444. The Balaban J connectivity index is 2.39. The fourth-order valence-corrected chi connectivity index (χ4v) is 4.31. The molecule has 0 radical (unpaired) electrons. The average molecular weight is 391 g/mol. The van der Waals surface area contributed by atoms with Crippen LogP contribution in [0.5, 0.6) is 0 Å². The number of aryl methyl sites for hydroxylation is 2. The van der Waals surface area contributed by atoms with Crippen molar-refractivity contribution in [2.75, 3.05) is 12.8 Å². The number of aromatic nitrogens is 2. The van der Waals surface area contributed by atoms with Crippen LogP contribution < -0.4 is 5.56 Å². The van der Waals surface area contributed by atoms with Gasteiger partial charge in [0.25, 0.3) is 5.56 Å². The first-order valence-corrected chi connectivity index (χ1v) is 9.86. The summed E-state index contributed by atoms with van der Waals surface area (Å²) >= 11 is 2.68. The van der Waals surface area contributed by atoms with Gasteiger partial charge in [-0.15, -0.1) is 17.9 Å². The van der Waals surface area contributed by atoms with Gasteiger partial charge < -0.3 is 4.90 Å². The Morgan fingerprint density at radius 1 is 1.50 bits per heavy atom. The molecule has 0 aliphatic heterocycles.